The minimum absolute atomic E-state index is 0.0116. The zero-order chi connectivity index (χ0) is 37.5. The average Bonchev–Trinajstić information content (AvgIpc) is 3.59. The molecule has 0 saturated carbocycles. The summed E-state index contributed by atoms with van der Waals surface area (Å²) in [7, 11) is 0. The Balaban J connectivity index is 1.79. The van der Waals surface area contributed by atoms with Crippen LogP contribution in [0.25, 0.3) is 0 Å². The molecule has 2 aromatic rings. The van der Waals surface area contributed by atoms with Crippen molar-refractivity contribution in [3.63, 3.8) is 0 Å². The van der Waals surface area contributed by atoms with Gasteiger partial charge >= 0.3 is 5.97 Å². The lowest BCUT2D eigenvalue weighted by Crippen LogP contribution is -2.54. The molecule has 5 atom stereocenters. The number of fused-ring (bicyclic) bond motifs is 1. The Morgan fingerprint density at radius 3 is 2.49 bits per heavy atom. The maximum absolute atomic E-state index is 14.2. The molecule has 0 spiro atoms. The van der Waals surface area contributed by atoms with Crippen LogP contribution in [0.15, 0.2) is 23.6 Å². The van der Waals surface area contributed by atoms with Crippen molar-refractivity contribution in [2.24, 2.45) is 5.92 Å². The minimum Gasteiger partial charge on any atom is -0.508 e. The van der Waals surface area contributed by atoms with Gasteiger partial charge in [0, 0.05) is 37.0 Å². The highest BCUT2D eigenvalue weighted by molar-refractivity contribution is 7.09. The van der Waals surface area contributed by atoms with Crippen LogP contribution in [0.4, 0.5) is 0 Å². The van der Waals surface area contributed by atoms with Gasteiger partial charge in [-0.05, 0) is 74.2 Å². The predicted octanol–water partition coefficient (Wildman–Crippen LogP) is 5.56. The lowest BCUT2D eigenvalue weighted by molar-refractivity contribution is -0.140. The van der Waals surface area contributed by atoms with Gasteiger partial charge < -0.3 is 35.8 Å². The summed E-state index contributed by atoms with van der Waals surface area (Å²) in [6.07, 6.45) is 5.45. The van der Waals surface area contributed by atoms with Crippen LogP contribution in [0.5, 0.6) is 5.75 Å². The number of aromatic nitrogens is 1. The monoisotopic (exact) mass is 729 g/mol. The second kappa shape index (κ2) is 21.1. The first-order valence-corrected chi connectivity index (χ1v) is 19.5. The molecule has 0 radical (unpaired) electrons. The third-order valence-corrected chi connectivity index (χ3v) is 10.2. The van der Waals surface area contributed by atoms with Crippen LogP contribution in [0.3, 0.4) is 0 Å². The van der Waals surface area contributed by atoms with Gasteiger partial charge in [0.05, 0.1) is 12.5 Å². The van der Waals surface area contributed by atoms with E-state index in [-0.39, 0.29) is 48.2 Å². The lowest BCUT2D eigenvalue weighted by atomic mass is 9.80. The molecule has 0 fully saturated rings. The van der Waals surface area contributed by atoms with Crippen molar-refractivity contribution >= 4 is 35.0 Å². The molecular formula is C38H59N5O7S. The highest BCUT2D eigenvalue weighted by Gasteiger charge is 2.36. The molecule has 1 aromatic heterocycles. The van der Waals surface area contributed by atoms with Crippen LogP contribution in [0.2, 0.25) is 0 Å². The number of aliphatic carboxylic acids is 1. The smallest absolute Gasteiger partial charge is 0.311 e. The van der Waals surface area contributed by atoms with E-state index >= 15 is 0 Å². The van der Waals surface area contributed by atoms with Crippen molar-refractivity contribution < 1.29 is 34.1 Å². The maximum atomic E-state index is 14.2. The summed E-state index contributed by atoms with van der Waals surface area (Å²) in [5, 5.41) is 31.3. The first-order valence-electron chi connectivity index (χ1n) is 18.7. The van der Waals surface area contributed by atoms with Gasteiger partial charge in [-0.15, -0.1) is 11.3 Å². The molecule has 0 saturated heterocycles. The molecule has 284 valence electrons. The number of nitrogens with one attached hydrogen (secondary N) is 3. The van der Waals surface area contributed by atoms with Crippen LogP contribution in [0, 0.1) is 5.92 Å². The van der Waals surface area contributed by atoms with Crippen molar-refractivity contribution in [3.8, 4) is 5.75 Å². The van der Waals surface area contributed by atoms with Crippen molar-refractivity contribution in [3.05, 3.63) is 45.4 Å². The summed E-state index contributed by atoms with van der Waals surface area (Å²) >= 11 is 1.33. The highest BCUT2D eigenvalue weighted by atomic mass is 32.1. The van der Waals surface area contributed by atoms with E-state index in [1.54, 1.807) is 11.4 Å². The molecule has 5 N–H and O–H groups in total. The van der Waals surface area contributed by atoms with Crippen molar-refractivity contribution in [2.75, 3.05) is 26.2 Å². The fraction of sp³-hybridized carbons (Fsp3) is 0.658. The van der Waals surface area contributed by atoms with Gasteiger partial charge in [0.25, 0.3) is 5.91 Å². The number of thiazole rings is 1. The Labute approximate surface area is 307 Å². The molecule has 0 unspecified atom stereocenters. The summed E-state index contributed by atoms with van der Waals surface area (Å²) in [5.74, 6) is -2.46. The molecule has 12 nitrogen and oxygen atoms in total. The molecule has 1 aliphatic rings. The number of phenolic OH excluding ortho intramolecular Hbond substituents is 1. The molecule has 1 aromatic carbocycles. The fourth-order valence-corrected chi connectivity index (χ4v) is 7.51. The second-order valence-corrected chi connectivity index (χ2v) is 14.7. The molecular weight excluding hydrogens is 671 g/mol. The Kier molecular flexibility index (Phi) is 17.3. The first-order chi connectivity index (χ1) is 24.4. The molecule has 0 bridgehead atoms. The van der Waals surface area contributed by atoms with Crippen LogP contribution in [0.1, 0.15) is 132 Å². The summed E-state index contributed by atoms with van der Waals surface area (Å²) in [5.41, 5.74) is 1.57. The van der Waals surface area contributed by atoms with Crippen LogP contribution in [-0.4, -0.2) is 88.2 Å². The molecule has 3 rings (SSSR count). The zero-order valence-corrected chi connectivity index (χ0v) is 32.0. The maximum Gasteiger partial charge on any atom is 0.311 e. The number of hydrogen-bond donors (Lipinski definition) is 5. The number of rotatable bonds is 22. The molecule has 0 aliphatic heterocycles. The van der Waals surface area contributed by atoms with E-state index in [0.717, 1.165) is 44.2 Å². The van der Waals surface area contributed by atoms with Gasteiger partial charge in [-0.2, -0.15) is 0 Å². The normalized spacial score (nSPS) is 17.3. The van der Waals surface area contributed by atoms with Crippen molar-refractivity contribution in [1.82, 2.24) is 25.8 Å². The number of unbranched alkanes of at least 4 members (excludes halogenated alkanes) is 1. The first kappa shape index (κ1) is 41.9. The third-order valence-electron chi connectivity index (χ3n) is 9.25. The Bertz CT molecular complexity index is 1430. The number of carboxylic acids is 1. The fourth-order valence-electron chi connectivity index (χ4n) is 6.65. The number of carbonyl (C=O) groups is 4. The summed E-state index contributed by atoms with van der Waals surface area (Å²) in [4.78, 5) is 59.1. The molecule has 3 amide bonds. The number of aromatic hydroxyl groups is 1. The zero-order valence-electron chi connectivity index (χ0n) is 31.2. The molecule has 13 heteroatoms. The van der Waals surface area contributed by atoms with Crippen LogP contribution < -0.4 is 16.0 Å². The van der Waals surface area contributed by atoms with E-state index in [1.165, 1.54) is 23.5 Å². The number of amides is 3. The SMILES string of the molecule is CCCCNCC(=O)N[C@@H](CCC)C(=O)N(CCC)[C@H](C[C@@H](OCCC)c1nc(C(=O)N[C@H]2Cc3ccc(O)cc3[C@H](C(=O)O)C2)cs1)C(C)C. The van der Waals surface area contributed by atoms with E-state index in [4.69, 9.17) is 9.72 Å². The number of hydrogen-bond acceptors (Lipinski definition) is 9. The average molecular weight is 730 g/mol. The van der Waals surface area contributed by atoms with Gasteiger partial charge in [0.15, 0.2) is 0 Å². The number of carbonyl (C=O) groups excluding carboxylic acids is 3. The van der Waals surface area contributed by atoms with Crippen LogP contribution >= 0.6 is 11.3 Å². The number of benzene rings is 1. The quantitative estimate of drug-likeness (QED) is 0.0975. The number of nitrogens with zero attached hydrogens (tertiary/aromatic N) is 2. The van der Waals surface area contributed by atoms with Crippen molar-refractivity contribution in [2.45, 2.75) is 129 Å². The van der Waals surface area contributed by atoms with Crippen molar-refractivity contribution in [1.29, 1.82) is 0 Å². The van der Waals surface area contributed by atoms with Gasteiger partial charge in [0.1, 0.15) is 28.6 Å². The van der Waals surface area contributed by atoms with Crippen LogP contribution in [-0.2, 0) is 25.5 Å². The van der Waals surface area contributed by atoms with Gasteiger partial charge in [-0.25, -0.2) is 4.98 Å². The third kappa shape index (κ3) is 12.3. The largest absolute Gasteiger partial charge is 0.508 e. The molecule has 1 aliphatic carbocycles. The topological polar surface area (TPSA) is 170 Å². The Hall–Kier alpha value is -3.55. The lowest BCUT2D eigenvalue weighted by Gasteiger charge is -2.38. The number of carboxylic acid groups (broad SMARTS) is 1. The van der Waals surface area contributed by atoms with E-state index in [1.807, 2.05) is 25.7 Å². The highest BCUT2D eigenvalue weighted by Crippen LogP contribution is 2.35. The molecule has 51 heavy (non-hydrogen) atoms. The Morgan fingerprint density at radius 2 is 1.84 bits per heavy atom. The van der Waals surface area contributed by atoms with E-state index in [0.29, 0.717) is 43.0 Å². The predicted molar refractivity (Wildman–Crippen MR) is 199 cm³/mol. The number of ether oxygens (including phenoxy) is 1. The van der Waals surface area contributed by atoms with E-state index in [9.17, 15) is 29.4 Å². The summed E-state index contributed by atoms with van der Waals surface area (Å²) in [6, 6.07) is 3.45. The van der Waals surface area contributed by atoms with Gasteiger partial charge in [-0.1, -0.05) is 60.5 Å². The van der Waals surface area contributed by atoms with Gasteiger partial charge in [0.2, 0.25) is 11.8 Å². The number of phenols is 1. The second-order valence-electron chi connectivity index (χ2n) is 13.8. The van der Waals surface area contributed by atoms with Gasteiger partial charge in [-0.3, -0.25) is 19.2 Å². The summed E-state index contributed by atoms with van der Waals surface area (Å²) < 4.78 is 6.35. The molecule has 1 heterocycles. The Morgan fingerprint density at radius 1 is 1.08 bits per heavy atom. The standard InChI is InChI=1S/C38H59N5O7S/c1-7-11-15-39-22-34(45)41-30(12-8-2)37(47)43(16-9-3)32(24(5)6)21-33(50-17-10-4)36-42-31(23-51-36)35(46)40-26-18-25-13-14-27(44)20-28(25)29(19-26)38(48)49/h13-14,20,23-24,26,29-30,32-33,39,44H,7-12,15-19,21-22H2,1-6H3,(H,40,46)(H,41,45)(H,48,49)/t26-,29+,30-,32+,33+/m0/s1. The van der Waals surface area contributed by atoms with E-state index < -0.39 is 36.0 Å². The summed E-state index contributed by atoms with van der Waals surface area (Å²) in [6.45, 7) is 14.2. The minimum atomic E-state index is -1.01. The van der Waals surface area contributed by atoms with E-state index in [2.05, 4.69) is 36.7 Å².